The lowest BCUT2D eigenvalue weighted by Crippen LogP contribution is -2.28. The van der Waals surface area contributed by atoms with E-state index in [1.165, 1.54) is 18.0 Å². The summed E-state index contributed by atoms with van der Waals surface area (Å²) < 4.78 is 6.72. The zero-order valence-corrected chi connectivity index (χ0v) is 16.2. The minimum Gasteiger partial charge on any atom is -0.465 e. The van der Waals surface area contributed by atoms with Gasteiger partial charge in [-0.05, 0) is 36.8 Å². The van der Waals surface area contributed by atoms with Crippen molar-refractivity contribution >= 4 is 44.4 Å². The quantitative estimate of drug-likeness (QED) is 0.643. The van der Waals surface area contributed by atoms with Gasteiger partial charge in [0.05, 0.1) is 35.6 Å². The Hall–Kier alpha value is -3.00. The van der Waals surface area contributed by atoms with Crippen LogP contribution >= 0.6 is 15.9 Å². The van der Waals surface area contributed by atoms with Crippen LogP contribution in [0.1, 0.15) is 15.9 Å². The average Bonchev–Trinajstić information content (AvgIpc) is 2.65. The van der Waals surface area contributed by atoms with Crippen LogP contribution in [0.15, 0.2) is 52.0 Å². The van der Waals surface area contributed by atoms with Gasteiger partial charge in [-0.2, -0.15) is 0 Å². The third kappa shape index (κ3) is 3.90. The Labute approximate surface area is 163 Å². The van der Waals surface area contributed by atoms with Gasteiger partial charge in [-0.1, -0.05) is 28.1 Å². The van der Waals surface area contributed by atoms with Gasteiger partial charge in [-0.15, -0.1) is 0 Å². The van der Waals surface area contributed by atoms with Crippen LogP contribution in [0.4, 0.5) is 5.69 Å². The Morgan fingerprint density at radius 2 is 2.04 bits per heavy atom. The minimum atomic E-state index is -0.552. The molecule has 0 atom stereocenters. The first-order valence-corrected chi connectivity index (χ1v) is 8.82. The van der Waals surface area contributed by atoms with Gasteiger partial charge >= 0.3 is 5.97 Å². The van der Waals surface area contributed by atoms with E-state index in [1.807, 2.05) is 0 Å². The Balaban J connectivity index is 1.89. The molecule has 1 heterocycles. The van der Waals surface area contributed by atoms with Crippen molar-refractivity contribution in [3.8, 4) is 0 Å². The van der Waals surface area contributed by atoms with Crippen molar-refractivity contribution < 1.29 is 14.3 Å². The van der Waals surface area contributed by atoms with E-state index in [1.54, 1.807) is 43.3 Å². The number of para-hydroxylation sites is 1. The molecule has 0 bridgehead atoms. The molecule has 0 saturated carbocycles. The Morgan fingerprint density at radius 1 is 1.26 bits per heavy atom. The molecule has 0 radical (unpaired) electrons. The number of aromatic nitrogens is 2. The molecule has 138 valence electrons. The summed E-state index contributed by atoms with van der Waals surface area (Å²) in [4.78, 5) is 41.2. The summed E-state index contributed by atoms with van der Waals surface area (Å²) in [5, 5.41) is 3.10. The predicted molar refractivity (Wildman–Crippen MR) is 105 cm³/mol. The van der Waals surface area contributed by atoms with E-state index in [9.17, 15) is 14.4 Å². The number of fused-ring (bicyclic) bond motifs is 1. The third-order valence-corrected chi connectivity index (χ3v) is 4.54. The number of methoxy groups -OCH3 is 1. The fourth-order valence-corrected chi connectivity index (χ4v) is 3.05. The number of nitrogens with one attached hydrogen (secondary N) is 1. The highest BCUT2D eigenvalue weighted by atomic mass is 79.9. The van der Waals surface area contributed by atoms with E-state index in [2.05, 4.69) is 26.2 Å². The smallest absolute Gasteiger partial charge is 0.339 e. The fraction of sp³-hybridized carbons (Fsp3) is 0.158. The zero-order valence-electron chi connectivity index (χ0n) is 14.7. The van der Waals surface area contributed by atoms with E-state index in [4.69, 9.17) is 4.74 Å². The van der Waals surface area contributed by atoms with Crippen molar-refractivity contribution in [3.05, 3.63) is 68.7 Å². The highest BCUT2D eigenvalue weighted by Gasteiger charge is 2.16. The fourth-order valence-electron chi connectivity index (χ4n) is 2.69. The van der Waals surface area contributed by atoms with E-state index >= 15 is 0 Å². The first-order chi connectivity index (χ1) is 12.9. The van der Waals surface area contributed by atoms with Gasteiger partial charge in [0.15, 0.2) is 0 Å². The van der Waals surface area contributed by atoms with Crippen molar-refractivity contribution in [2.75, 3.05) is 12.4 Å². The summed E-state index contributed by atoms with van der Waals surface area (Å²) in [5.74, 6) is -1.00. The summed E-state index contributed by atoms with van der Waals surface area (Å²) in [5.41, 5.74) is 1.54. The lowest BCUT2D eigenvalue weighted by atomic mass is 10.1. The minimum absolute atomic E-state index is 0.233. The van der Waals surface area contributed by atoms with Crippen LogP contribution in [0.25, 0.3) is 10.9 Å². The van der Waals surface area contributed by atoms with Crippen molar-refractivity contribution in [2.45, 2.75) is 13.5 Å². The molecule has 0 saturated heterocycles. The monoisotopic (exact) mass is 429 g/mol. The van der Waals surface area contributed by atoms with Gasteiger partial charge in [-0.25, -0.2) is 9.78 Å². The van der Waals surface area contributed by atoms with Crippen molar-refractivity contribution in [1.82, 2.24) is 9.55 Å². The summed E-state index contributed by atoms with van der Waals surface area (Å²) in [6, 6.07) is 10.2. The second-order valence-electron chi connectivity index (χ2n) is 5.88. The predicted octanol–water partition coefficient (Wildman–Crippen LogP) is 2.89. The average molecular weight is 430 g/mol. The number of carbonyl (C=O) groups excluding carboxylic acids is 2. The third-order valence-electron chi connectivity index (χ3n) is 4.04. The van der Waals surface area contributed by atoms with Crippen LogP contribution in [0.3, 0.4) is 0 Å². The van der Waals surface area contributed by atoms with E-state index in [-0.39, 0.29) is 17.7 Å². The number of ether oxygens (including phenoxy) is 1. The van der Waals surface area contributed by atoms with Gasteiger partial charge < -0.3 is 10.1 Å². The second-order valence-corrected chi connectivity index (χ2v) is 6.79. The molecule has 0 aliphatic rings. The summed E-state index contributed by atoms with van der Waals surface area (Å²) >= 11 is 3.32. The summed E-state index contributed by atoms with van der Waals surface area (Å²) in [7, 11) is 1.27. The van der Waals surface area contributed by atoms with Gasteiger partial charge in [0.2, 0.25) is 5.91 Å². The number of esters is 1. The van der Waals surface area contributed by atoms with Crippen LogP contribution in [0.2, 0.25) is 0 Å². The second kappa shape index (κ2) is 7.71. The molecule has 8 heteroatoms. The normalized spacial score (nSPS) is 10.6. The van der Waals surface area contributed by atoms with Crippen molar-refractivity contribution in [3.63, 3.8) is 0 Å². The standard InChI is InChI=1S/C19H16BrN3O4/c1-11-4-3-5-13(19(26)27-2)17(11)22-16(24)9-23-10-21-15-7-6-12(20)8-14(15)18(23)25/h3-8,10H,9H2,1-2H3,(H,22,24). The van der Waals surface area contributed by atoms with Crippen LogP contribution in [0.5, 0.6) is 0 Å². The molecule has 0 aliphatic carbocycles. The molecule has 1 N–H and O–H groups in total. The van der Waals surface area contributed by atoms with E-state index < -0.39 is 11.9 Å². The van der Waals surface area contributed by atoms with Crippen LogP contribution < -0.4 is 10.9 Å². The largest absolute Gasteiger partial charge is 0.465 e. The maximum Gasteiger partial charge on any atom is 0.339 e. The molecule has 0 fully saturated rings. The number of anilines is 1. The maximum absolute atomic E-state index is 12.6. The maximum atomic E-state index is 12.6. The lowest BCUT2D eigenvalue weighted by Gasteiger charge is -2.13. The van der Waals surface area contributed by atoms with E-state index in [0.29, 0.717) is 22.2 Å². The van der Waals surface area contributed by atoms with Gasteiger partial charge in [0, 0.05) is 4.47 Å². The molecule has 27 heavy (non-hydrogen) atoms. The number of aryl methyl sites for hydroxylation is 1. The molecule has 3 rings (SSSR count). The lowest BCUT2D eigenvalue weighted by molar-refractivity contribution is -0.116. The number of rotatable bonds is 4. The van der Waals surface area contributed by atoms with Crippen molar-refractivity contribution in [2.24, 2.45) is 0 Å². The number of halogens is 1. The topological polar surface area (TPSA) is 90.3 Å². The number of amides is 1. The van der Waals surface area contributed by atoms with Crippen LogP contribution in [-0.4, -0.2) is 28.5 Å². The first kappa shape index (κ1) is 18.8. The van der Waals surface area contributed by atoms with Crippen molar-refractivity contribution in [1.29, 1.82) is 0 Å². The molecule has 7 nitrogen and oxygen atoms in total. The number of benzene rings is 2. The number of nitrogens with zero attached hydrogens (tertiary/aromatic N) is 2. The number of hydrogen-bond donors (Lipinski definition) is 1. The van der Waals surface area contributed by atoms with Gasteiger partial charge in [-0.3, -0.25) is 14.2 Å². The molecule has 1 aromatic heterocycles. The molecular formula is C19H16BrN3O4. The Morgan fingerprint density at radius 3 is 2.78 bits per heavy atom. The van der Waals surface area contributed by atoms with Gasteiger partial charge in [0.1, 0.15) is 6.54 Å². The molecule has 0 unspecified atom stereocenters. The highest BCUT2D eigenvalue weighted by molar-refractivity contribution is 9.10. The summed E-state index contributed by atoms with van der Waals surface area (Å²) in [6.07, 6.45) is 1.33. The highest BCUT2D eigenvalue weighted by Crippen LogP contribution is 2.21. The number of carbonyl (C=O) groups is 2. The number of hydrogen-bond acceptors (Lipinski definition) is 5. The molecule has 1 amide bonds. The zero-order chi connectivity index (χ0) is 19.6. The molecule has 0 aliphatic heterocycles. The van der Waals surface area contributed by atoms with Gasteiger partial charge in [0.25, 0.3) is 5.56 Å². The summed E-state index contributed by atoms with van der Waals surface area (Å²) in [6.45, 7) is 1.53. The Bertz CT molecular complexity index is 1110. The first-order valence-electron chi connectivity index (χ1n) is 8.03. The van der Waals surface area contributed by atoms with Crippen LogP contribution in [0, 0.1) is 6.92 Å². The SMILES string of the molecule is COC(=O)c1cccc(C)c1NC(=O)Cn1cnc2ccc(Br)cc2c1=O. The molecule has 3 aromatic rings. The Kier molecular flexibility index (Phi) is 5.36. The molecule has 2 aromatic carbocycles. The van der Waals surface area contributed by atoms with Crippen LogP contribution in [-0.2, 0) is 16.1 Å². The van der Waals surface area contributed by atoms with E-state index in [0.717, 1.165) is 4.47 Å². The molecular weight excluding hydrogens is 414 g/mol. The molecule has 0 spiro atoms.